The Morgan fingerprint density at radius 2 is 1.10 bits per heavy atom. The summed E-state index contributed by atoms with van der Waals surface area (Å²) in [4.78, 5) is 0. The van der Waals surface area contributed by atoms with Crippen molar-refractivity contribution in [1.29, 1.82) is 0 Å². The van der Waals surface area contributed by atoms with E-state index in [1.165, 1.54) is 54.7 Å². The quantitative estimate of drug-likeness (QED) is 0.334. The van der Waals surface area contributed by atoms with Crippen molar-refractivity contribution in [3.05, 3.63) is 107 Å². The van der Waals surface area contributed by atoms with E-state index in [2.05, 4.69) is 110 Å². The normalized spacial score (nSPS) is 12.9. The van der Waals surface area contributed by atoms with E-state index in [-0.39, 0.29) is 34.9 Å². The molecule has 0 nitrogen and oxygen atoms in total. The van der Waals surface area contributed by atoms with Crippen LogP contribution in [-0.2, 0) is 21.3 Å². The summed E-state index contributed by atoms with van der Waals surface area (Å²) in [5.74, 6) is 4.79. The van der Waals surface area contributed by atoms with Gasteiger partial charge < -0.3 is 24.8 Å². The van der Waals surface area contributed by atoms with Crippen molar-refractivity contribution < 1.29 is 46.1 Å². The molecule has 156 valence electrons. The van der Waals surface area contributed by atoms with E-state index < -0.39 is 0 Å². The molecule has 0 saturated heterocycles. The SMILES string of the molecule is Cc1cccc(C2=[C-]CC=C2)c1.Cc1cccc(C2=[C-]CC=C2)c1.[CH3][Ge]([CH3])=[Hf+2].[Cl-].[Cl-]. The summed E-state index contributed by atoms with van der Waals surface area (Å²) in [6, 6.07) is 17.1. The Bertz CT molecular complexity index is 864. The van der Waals surface area contributed by atoms with E-state index in [0.29, 0.717) is 0 Å². The zero-order valence-electron chi connectivity index (χ0n) is 18.1. The monoisotopic (exact) mass is 664 g/mol. The summed E-state index contributed by atoms with van der Waals surface area (Å²) in [6.45, 7) is 4.23. The third kappa shape index (κ3) is 11.1. The molecule has 2 aliphatic carbocycles. The molecule has 0 bridgehead atoms. The predicted octanol–water partition coefficient (Wildman–Crippen LogP) is 1.08. The van der Waals surface area contributed by atoms with E-state index in [1.54, 1.807) is 0 Å². The zero-order chi connectivity index (χ0) is 20.4. The topological polar surface area (TPSA) is 0 Å². The third-order valence-electron chi connectivity index (χ3n) is 4.05. The molecule has 0 aromatic heterocycles. The van der Waals surface area contributed by atoms with Crippen molar-refractivity contribution in [2.75, 3.05) is 0 Å². The first kappa shape index (κ1) is 29.4. The second-order valence-electron chi connectivity index (χ2n) is 7.13. The summed E-state index contributed by atoms with van der Waals surface area (Å²) in [6.07, 6.45) is 17.1. The molecule has 4 heteroatoms. The summed E-state index contributed by atoms with van der Waals surface area (Å²) >= 11 is 1.52. The standard InChI is InChI=1S/2C12H11.C2H6Ge.2ClH.Hf/c2*1-10-5-4-8-12(9-10)11-6-2-3-7-11;1-3-2;;;/h2*2,4-6,8-9H,3H2,1H3;1-2H3;2*1H;/q2*-1;;;;+2/p-2. The summed E-state index contributed by atoms with van der Waals surface area (Å²) in [7, 11) is -0.194. The van der Waals surface area contributed by atoms with Gasteiger partial charge in [-0.2, -0.15) is 35.5 Å². The molecule has 0 saturated carbocycles. The Hall–Kier alpha value is -0.607. The van der Waals surface area contributed by atoms with Gasteiger partial charge in [-0.15, -0.1) is 47.5 Å². The van der Waals surface area contributed by atoms with Gasteiger partial charge in [0, 0.05) is 0 Å². The molecule has 4 rings (SSSR count). The fraction of sp³-hybridized carbons (Fsp3) is 0.231. The van der Waals surface area contributed by atoms with E-state index in [0.717, 1.165) is 12.8 Å². The van der Waals surface area contributed by atoms with Crippen molar-refractivity contribution in [2.45, 2.75) is 38.2 Å². The minimum absolute atomic E-state index is 0. The molecule has 0 spiro atoms. The van der Waals surface area contributed by atoms with Crippen LogP contribution >= 0.6 is 0 Å². The Morgan fingerprint density at radius 1 is 0.733 bits per heavy atom. The first-order valence-electron chi connectivity index (χ1n) is 9.66. The number of hydrogen-bond donors (Lipinski definition) is 0. The molecular weight excluding hydrogens is 634 g/mol. The molecule has 0 radical (unpaired) electrons. The fourth-order valence-corrected chi connectivity index (χ4v) is 2.83. The number of benzene rings is 2. The first-order chi connectivity index (χ1) is 13.5. The number of hydrogen-bond acceptors (Lipinski definition) is 0. The van der Waals surface area contributed by atoms with Crippen molar-refractivity contribution in [1.82, 2.24) is 0 Å². The van der Waals surface area contributed by atoms with Crippen molar-refractivity contribution in [3.63, 3.8) is 0 Å². The number of halogens is 2. The van der Waals surface area contributed by atoms with Gasteiger partial charge in [0.2, 0.25) is 0 Å². The van der Waals surface area contributed by atoms with Gasteiger partial charge in [-0.05, 0) is 13.8 Å². The Morgan fingerprint density at radius 3 is 1.37 bits per heavy atom. The van der Waals surface area contributed by atoms with Gasteiger partial charge in [0.05, 0.1) is 0 Å². The predicted molar refractivity (Wildman–Crippen MR) is 121 cm³/mol. The van der Waals surface area contributed by atoms with Gasteiger partial charge in [0.1, 0.15) is 0 Å². The first-order valence-corrected chi connectivity index (χ1v) is 24.2. The van der Waals surface area contributed by atoms with Crippen LogP contribution in [-0.4, -0.2) is 10.1 Å². The van der Waals surface area contributed by atoms with Gasteiger partial charge in [-0.25, -0.2) is 0 Å². The van der Waals surface area contributed by atoms with E-state index in [1.807, 2.05) is 0 Å². The van der Waals surface area contributed by atoms with Crippen LogP contribution in [0.5, 0.6) is 0 Å². The summed E-state index contributed by atoms with van der Waals surface area (Å²) < 4.78 is 0. The van der Waals surface area contributed by atoms with Gasteiger partial charge in [-0.3, -0.25) is 0 Å². The second kappa shape index (κ2) is 16.1. The number of aryl methyl sites for hydroxylation is 2. The third-order valence-corrected chi connectivity index (χ3v) is 4.05. The largest absolute Gasteiger partial charge is 1.00 e. The molecule has 0 fully saturated rings. The Balaban J connectivity index is 0.000000452. The molecule has 2 aliphatic rings. The van der Waals surface area contributed by atoms with E-state index in [4.69, 9.17) is 0 Å². The minimum Gasteiger partial charge on any atom is -1.00 e. The number of rotatable bonds is 2. The van der Waals surface area contributed by atoms with Gasteiger partial charge in [-0.1, -0.05) is 48.2 Å². The molecule has 30 heavy (non-hydrogen) atoms. The van der Waals surface area contributed by atoms with Gasteiger partial charge >= 0.3 is 42.8 Å². The molecule has 0 amide bonds. The smallest absolute Gasteiger partial charge is 1.00 e. The van der Waals surface area contributed by atoms with Crippen LogP contribution in [0.25, 0.3) is 11.1 Å². The van der Waals surface area contributed by atoms with Crippen LogP contribution in [0, 0.1) is 26.0 Å². The van der Waals surface area contributed by atoms with Crippen LogP contribution in [0.4, 0.5) is 0 Å². The molecule has 2 aromatic carbocycles. The molecule has 2 aromatic rings. The average Bonchev–Trinajstić information content (AvgIpc) is 3.36. The fourth-order valence-electron chi connectivity index (χ4n) is 2.83. The number of allylic oxidation sites excluding steroid dienone is 8. The van der Waals surface area contributed by atoms with Crippen LogP contribution in [0.1, 0.15) is 35.1 Å². The molecule has 0 aliphatic heterocycles. The van der Waals surface area contributed by atoms with Crippen molar-refractivity contribution >= 4 is 21.2 Å². The molecule has 0 atom stereocenters. The van der Waals surface area contributed by atoms with Gasteiger partial charge in [0.25, 0.3) is 0 Å². The maximum Gasteiger partial charge on any atom is -1.00 e. The van der Waals surface area contributed by atoms with E-state index >= 15 is 0 Å². The average molecular weight is 663 g/mol. The van der Waals surface area contributed by atoms with E-state index in [9.17, 15) is 0 Å². The molecular formula is C26H28Cl2GeHf-2. The van der Waals surface area contributed by atoms with Crippen molar-refractivity contribution in [3.8, 4) is 0 Å². The minimum atomic E-state index is -0.194. The summed E-state index contributed by atoms with van der Waals surface area (Å²) in [5.41, 5.74) is 7.65. The van der Waals surface area contributed by atoms with Crippen LogP contribution < -0.4 is 24.8 Å². The Kier molecular flexibility index (Phi) is 15.8. The molecule has 0 unspecified atom stereocenters. The molecule has 0 N–H and O–H groups in total. The van der Waals surface area contributed by atoms with Crippen LogP contribution in [0.3, 0.4) is 0 Å². The zero-order valence-corrected chi connectivity index (χ0v) is 25.3. The maximum absolute atomic E-state index is 3.31. The van der Waals surface area contributed by atoms with Crippen LogP contribution in [0.15, 0.2) is 72.8 Å². The van der Waals surface area contributed by atoms with Crippen molar-refractivity contribution in [2.24, 2.45) is 0 Å². The van der Waals surface area contributed by atoms with Crippen LogP contribution in [0.2, 0.25) is 11.5 Å². The molecule has 0 heterocycles. The van der Waals surface area contributed by atoms with Gasteiger partial charge in [0.15, 0.2) is 0 Å². The summed E-state index contributed by atoms with van der Waals surface area (Å²) in [5, 5.41) is 0. The second-order valence-corrected chi connectivity index (χ2v) is 30.0. The Labute approximate surface area is 211 Å². The maximum atomic E-state index is 3.31.